The van der Waals surface area contributed by atoms with Gasteiger partial charge in [-0.1, -0.05) is 65.0 Å². The minimum Gasteiger partial charge on any atom is -0.382 e. The standard InChI is InChI=1S/C23H34N4/c1-4-6-12-20-26-21-18-14-13-17(11-9-7-8-10-16(3)5-2)15-19(18)25-23(24)22(21)27-20/h13-16H,4-12H2,1-3H3,(H2,24,25)(H,26,27). The number of aryl methyl sites for hydroxylation is 2. The van der Waals surface area contributed by atoms with Crippen LogP contribution < -0.4 is 5.73 Å². The second-order valence-corrected chi connectivity index (χ2v) is 7.97. The predicted molar refractivity (Wildman–Crippen MR) is 116 cm³/mol. The van der Waals surface area contributed by atoms with Gasteiger partial charge in [0.25, 0.3) is 0 Å². The van der Waals surface area contributed by atoms with Gasteiger partial charge in [-0.3, -0.25) is 0 Å². The number of nitrogens with one attached hydrogen (secondary N) is 1. The van der Waals surface area contributed by atoms with Crippen molar-refractivity contribution in [3.05, 3.63) is 29.6 Å². The van der Waals surface area contributed by atoms with E-state index >= 15 is 0 Å². The lowest BCUT2D eigenvalue weighted by molar-refractivity contribution is 0.478. The zero-order valence-electron chi connectivity index (χ0n) is 17.1. The molecule has 0 saturated heterocycles. The molecule has 146 valence electrons. The molecule has 1 atom stereocenters. The molecular weight excluding hydrogens is 332 g/mol. The summed E-state index contributed by atoms with van der Waals surface area (Å²) in [6.45, 7) is 6.82. The highest BCUT2D eigenvalue weighted by Gasteiger charge is 2.12. The highest BCUT2D eigenvalue weighted by Crippen LogP contribution is 2.27. The number of aromatic amines is 1. The van der Waals surface area contributed by atoms with Gasteiger partial charge in [-0.15, -0.1) is 0 Å². The Bertz CT molecular complexity index is 881. The summed E-state index contributed by atoms with van der Waals surface area (Å²) in [5.74, 6) is 2.40. The summed E-state index contributed by atoms with van der Waals surface area (Å²) in [5, 5.41) is 1.12. The van der Waals surface area contributed by atoms with E-state index in [0.717, 1.165) is 59.4 Å². The summed E-state index contributed by atoms with van der Waals surface area (Å²) in [5.41, 5.74) is 10.4. The second-order valence-electron chi connectivity index (χ2n) is 7.97. The van der Waals surface area contributed by atoms with Crippen LogP contribution in [0.4, 0.5) is 5.82 Å². The van der Waals surface area contributed by atoms with Crippen LogP contribution in [0.1, 0.15) is 77.1 Å². The lowest BCUT2D eigenvalue weighted by Crippen LogP contribution is -1.95. The molecule has 4 nitrogen and oxygen atoms in total. The second kappa shape index (κ2) is 9.20. The maximum atomic E-state index is 6.20. The molecule has 0 saturated carbocycles. The van der Waals surface area contributed by atoms with E-state index in [1.165, 1.54) is 37.7 Å². The fraction of sp³-hybridized carbons (Fsp3) is 0.565. The number of fused-ring (bicyclic) bond motifs is 3. The normalized spacial score (nSPS) is 12.9. The summed E-state index contributed by atoms with van der Waals surface area (Å²) in [6, 6.07) is 6.62. The summed E-state index contributed by atoms with van der Waals surface area (Å²) in [6.07, 6.45) is 10.9. The Morgan fingerprint density at radius 1 is 1.04 bits per heavy atom. The molecule has 3 aromatic rings. The number of pyridine rings is 1. The van der Waals surface area contributed by atoms with Crippen LogP contribution in [0, 0.1) is 5.92 Å². The minimum absolute atomic E-state index is 0.530. The number of rotatable bonds is 10. The van der Waals surface area contributed by atoms with Crippen molar-refractivity contribution in [1.82, 2.24) is 15.0 Å². The number of imidazole rings is 1. The Balaban J connectivity index is 1.72. The third-order valence-electron chi connectivity index (χ3n) is 5.69. The molecule has 1 unspecified atom stereocenters. The summed E-state index contributed by atoms with van der Waals surface area (Å²) in [7, 11) is 0. The van der Waals surface area contributed by atoms with Crippen molar-refractivity contribution in [2.75, 3.05) is 5.73 Å². The molecule has 0 amide bonds. The maximum Gasteiger partial charge on any atom is 0.152 e. The number of unbranched alkanes of at least 4 members (excludes halogenated alkanes) is 3. The monoisotopic (exact) mass is 366 g/mol. The first-order valence-corrected chi connectivity index (χ1v) is 10.7. The van der Waals surface area contributed by atoms with E-state index in [2.05, 4.69) is 53.9 Å². The Labute approximate surface area is 163 Å². The number of nitrogens with zero attached hydrogens (tertiary/aromatic N) is 2. The number of H-pyrrole nitrogens is 1. The van der Waals surface area contributed by atoms with Gasteiger partial charge in [-0.2, -0.15) is 0 Å². The predicted octanol–water partition coefficient (Wildman–Crippen LogP) is 6.18. The van der Waals surface area contributed by atoms with Crippen molar-refractivity contribution in [3.8, 4) is 0 Å². The summed E-state index contributed by atoms with van der Waals surface area (Å²) in [4.78, 5) is 12.8. The van der Waals surface area contributed by atoms with Crippen LogP contribution in [0.15, 0.2) is 18.2 Å². The van der Waals surface area contributed by atoms with E-state index in [1.807, 2.05) is 0 Å². The van der Waals surface area contributed by atoms with Gasteiger partial charge in [0.1, 0.15) is 11.3 Å². The van der Waals surface area contributed by atoms with Crippen molar-refractivity contribution in [2.45, 2.75) is 78.6 Å². The molecule has 2 heterocycles. The van der Waals surface area contributed by atoms with Crippen molar-refractivity contribution < 1.29 is 0 Å². The number of hydrogen-bond acceptors (Lipinski definition) is 3. The van der Waals surface area contributed by atoms with Gasteiger partial charge >= 0.3 is 0 Å². The van der Waals surface area contributed by atoms with Crippen LogP contribution in [0.2, 0.25) is 0 Å². The summed E-state index contributed by atoms with van der Waals surface area (Å²) >= 11 is 0. The van der Waals surface area contributed by atoms with Gasteiger partial charge in [0, 0.05) is 11.8 Å². The van der Waals surface area contributed by atoms with Crippen LogP contribution in [0.5, 0.6) is 0 Å². The number of hydrogen-bond donors (Lipinski definition) is 2. The quantitative estimate of drug-likeness (QED) is 0.421. The zero-order chi connectivity index (χ0) is 19.2. The molecule has 0 bridgehead atoms. The van der Waals surface area contributed by atoms with Crippen LogP contribution in [0.3, 0.4) is 0 Å². The van der Waals surface area contributed by atoms with Crippen molar-refractivity contribution in [3.63, 3.8) is 0 Å². The van der Waals surface area contributed by atoms with Crippen LogP contribution in [-0.2, 0) is 12.8 Å². The first kappa shape index (κ1) is 19.7. The van der Waals surface area contributed by atoms with E-state index in [1.54, 1.807) is 0 Å². The van der Waals surface area contributed by atoms with Gasteiger partial charge < -0.3 is 10.7 Å². The fourth-order valence-electron chi connectivity index (χ4n) is 3.69. The first-order chi connectivity index (χ1) is 13.1. The van der Waals surface area contributed by atoms with Gasteiger partial charge in [0.2, 0.25) is 0 Å². The van der Waals surface area contributed by atoms with E-state index in [-0.39, 0.29) is 0 Å². The van der Waals surface area contributed by atoms with Gasteiger partial charge in [-0.25, -0.2) is 9.97 Å². The highest BCUT2D eigenvalue weighted by atomic mass is 15.0. The van der Waals surface area contributed by atoms with Gasteiger partial charge in [0.05, 0.1) is 11.0 Å². The molecule has 3 rings (SSSR count). The number of aromatic nitrogens is 3. The van der Waals surface area contributed by atoms with Crippen LogP contribution >= 0.6 is 0 Å². The van der Waals surface area contributed by atoms with E-state index in [4.69, 9.17) is 5.73 Å². The summed E-state index contributed by atoms with van der Waals surface area (Å²) < 4.78 is 0. The molecular formula is C23H34N4. The first-order valence-electron chi connectivity index (χ1n) is 10.7. The van der Waals surface area contributed by atoms with Crippen LogP contribution in [0.25, 0.3) is 21.9 Å². The van der Waals surface area contributed by atoms with E-state index < -0.39 is 0 Å². The molecule has 0 radical (unpaired) electrons. The molecule has 4 heteroatoms. The van der Waals surface area contributed by atoms with Gasteiger partial charge in [0.15, 0.2) is 5.82 Å². The lowest BCUT2D eigenvalue weighted by atomic mass is 9.99. The highest BCUT2D eigenvalue weighted by molar-refractivity contribution is 6.06. The van der Waals surface area contributed by atoms with Gasteiger partial charge in [-0.05, 0) is 36.8 Å². The van der Waals surface area contributed by atoms with E-state index in [9.17, 15) is 0 Å². The molecule has 0 aliphatic carbocycles. The van der Waals surface area contributed by atoms with Crippen molar-refractivity contribution in [2.24, 2.45) is 5.92 Å². The molecule has 0 aliphatic heterocycles. The third kappa shape index (κ3) is 4.79. The third-order valence-corrected chi connectivity index (χ3v) is 5.69. The average Bonchev–Trinajstić information content (AvgIpc) is 3.10. The Kier molecular flexibility index (Phi) is 6.70. The molecule has 3 N–H and O–H groups in total. The zero-order valence-corrected chi connectivity index (χ0v) is 17.1. The smallest absolute Gasteiger partial charge is 0.152 e. The maximum absolute atomic E-state index is 6.20. The number of benzene rings is 1. The molecule has 0 spiro atoms. The Morgan fingerprint density at radius 2 is 1.89 bits per heavy atom. The lowest BCUT2D eigenvalue weighted by Gasteiger charge is -2.08. The fourth-order valence-corrected chi connectivity index (χ4v) is 3.69. The molecule has 0 aliphatic rings. The number of nitrogens with two attached hydrogens (primary N) is 1. The van der Waals surface area contributed by atoms with Crippen molar-refractivity contribution in [1.29, 1.82) is 0 Å². The number of anilines is 1. The number of nitrogen functional groups attached to an aromatic ring is 1. The molecule has 2 aromatic heterocycles. The Morgan fingerprint density at radius 3 is 2.67 bits per heavy atom. The largest absolute Gasteiger partial charge is 0.382 e. The minimum atomic E-state index is 0.530. The molecule has 27 heavy (non-hydrogen) atoms. The SMILES string of the molecule is CCCCc1nc2c(N)nc3cc(CCCCCC(C)CC)ccc3c2[nH]1. The molecule has 0 fully saturated rings. The van der Waals surface area contributed by atoms with E-state index in [0.29, 0.717) is 5.82 Å². The van der Waals surface area contributed by atoms with Crippen molar-refractivity contribution >= 4 is 27.8 Å². The Hall–Kier alpha value is -2.10. The molecule has 1 aromatic carbocycles. The topological polar surface area (TPSA) is 67.6 Å². The average molecular weight is 367 g/mol. The van der Waals surface area contributed by atoms with Crippen LogP contribution in [-0.4, -0.2) is 15.0 Å².